The van der Waals surface area contributed by atoms with E-state index in [1.165, 1.54) is 22.3 Å². The Kier molecular flexibility index (Phi) is 3.81. The summed E-state index contributed by atoms with van der Waals surface area (Å²) < 4.78 is 0. The summed E-state index contributed by atoms with van der Waals surface area (Å²) in [5, 5.41) is 0. The topological polar surface area (TPSA) is 0 Å². The highest BCUT2D eigenvalue weighted by Crippen LogP contribution is 2.55. The van der Waals surface area contributed by atoms with Crippen LogP contribution in [-0.4, -0.2) is 0 Å². The molecule has 3 aromatic rings. The van der Waals surface area contributed by atoms with Crippen LogP contribution in [0.1, 0.15) is 16.7 Å². The third-order valence-electron chi connectivity index (χ3n) is 4.10. The summed E-state index contributed by atoms with van der Waals surface area (Å²) in [6, 6.07) is 31.8. The molecule has 1 aliphatic carbocycles. The minimum absolute atomic E-state index is 0. The molecular formula is C21H15Cl. The lowest BCUT2D eigenvalue weighted by atomic mass is 9.82. The van der Waals surface area contributed by atoms with Crippen molar-refractivity contribution in [1.82, 2.24) is 0 Å². The standard InChI is InChI=1S/C21H15.ClH/c1-4-10-17(11-5-1)20-16-21(20,18-12-6-2-7-13-18)19-14-8-3-9-15-19;/h1-15H;1H/q+1;/p-1. The van der Waals surface area contributed by atoms with Gasteiger partial charge in [0, 0.05) is 23.3 Å². The molecule has 0 radical (unpaired) electrons. The van der Waals surface area contributed by atoms with E-state index < -0.39 is 0 Å². The number of halogens is 1. The summed E-state index contributed by atoms with van der Waals surface area (Å²) in [6.07, 6.45) is 3.65. The van der Waals surface area contributed by atoms with Crippen LogP contribution in [0.5, 0.6) is 0 Å². The van der Waals surface area contributed by atoms with Gasteiger partial charge in [0.25, 0.3) is 0 Å². The van der Waals surface area contributed by atoms with Crippen molar-refractivity contribution in [3.05, 3.63) is 114 Å². The zero-order valence-corrected chi connectivity index (χ0v) is 12.8. The molecule has 1 heteroatoms. The van der Waals surface area contributed by atoms with Crippen LogP contribution in [0.15, 0.2) is 91.0 Å². The lowest BCUT2D eigenvalue weighted by Gasteiger charge is -2.11. The summed E-state index contributed by atoms with van der Waals surface area (Å²) in [5.41, 5.74) is 4.93. The van der Waals surface area contributed by atoms with Crippen LogP contribution in [0.3, 0.4) is 0 Å². The molecule has 0 fully saturated rings. The maximum atomic E-state index is 3.65. The largest absolute Gasteiger partial charge is 1.00 e. The first-order valence-electron chi connectivity index (χ1n) is 7.23. The fourth-order valence-electron chi connectivity index (χ4n) is 3.03. The van der Waals surface area contributed by atoms with Crippen LogP contribution in [0, 0.1) is 6.08 Å². The zero-order valence-electron chi connectivity index (χ0n) is 12.0. The van der Waals surface area contributed by atoms with Crippen LogP contribution >= 0.6 is 0 Å². The fraction of sp³-hybridized carbons (Fsp3) is 0.0476. The number of hydrogen-bond donors (Lipinski definition) is 0. The second-order valence-electron chi connectivity index (χ2n) is 5.35. The van der Waals surface area contributed by atoms with E-state index in [0.29, 0.717) is 0 Å². The van der Waals surface area contributed by atoms with Gasteiger partial charge in [-0.05, 0) is 12.1 Å². The first kappa shape index (κ1) is 14.5. The van der Waals surface area contributed by atoms with Crippen molar-refractivity contribution >= 4 is 5.57 Å². The maximum absolute atomic E-state index is 3.65. The summed E-state index contributed by atoms with van der Waals surface area (Å²) in [7, 11) is 0. The molecule has 1 aliphatic rings. The van der Waals surface area contributed by atoms with Crippen LogP contribution < -0.4 is 12.4 Å². The quantitative estimate of drug-likeness (QED) is 0.648. The molecule has 0 aromatic heterocycles. The van der Waals surface area contributed by atoms with Gasteiger partial charge < -0.3 is 12.4 Å². The van der Waals surface area contributed by atoms with Crippen LogP contribution in [-0.2, 0) is 5.41 Å². The van der Waals surface area contributed by atoms with Crippen LogP contribution in [0.25, 0.3) is 5.57 Å². The van der Waals surface area contributed by atoms with E-state index in [4.69, 9.17) is 0 Å². The van der Waals surface area contributed by atoms with Gasteiger partial charge in [-0.25, -0.2) is 0 Å². The van der Waals surface area contributed by atoms with Crippen molar-refractivity contribution < 1.29 is 12.4 Å². The van der Waals surface area contributed by atoms with Crippen molar-refractivity contribution in [3.63, 3.8) is 0 Å². The molecule has 0 bridgehead atoms. The molecular weight excluding hydrogens is 288 g/mol. The zero-order chi connectivity index (χ0) is 14.1. The van der Waals surface area contributed by atoms with Gasteiger partial charge >= 0.3 is 0 Å². The molecule has 0 nitrogen and oxygen atoms in total. The molecule has 0 saturated heterocycles. The summed E-state index contributed by atoms with van der Waals surface area (Å²) in [6.45, 7) is 0. The molecule has 0 saturated carbocycles. The fourth-order valence-corrected chi connectivity index (χ4v) is 3.03. The predicted octanol–water partition coefficient (Wildman–Crippen LogP) is 1.88. The second-order valence-corrected chi connectivity index (χ2v) is 5.35. The SMILES string of the molecule is [C+]1=C(c2ccccc2)C1(c1ccccc1)c1ccccc1.[Cl-]. The van der Waals surface area contributed by atoms with Gasteiger partial charge in [0.1, 0.15) is 5.56 Å². The number of rotatable bonds is 3. The molecule has 106 valence electrons. The van der Waals surface area contributed by atoms with Gasteiger partial charge in [0.15, 0.2) is 0 Å². The predicted molar refractivity (Wildman–Crippen MR) is 86.8 cm³/mol. The Labute approximate surface area is 137 Å². The average Bonchev–Trinajstić information content (AvgIpc) is 3.34. The summed E-state index contributed by atoms with van der Waals surface area (Å²) in [4.78, 5) is 0. The van der Waals surface area contributed by atoms with Crippen LogP contribution in [0.2, 0.25) is 0 Å². The van der Waals surface area contributed by atoms with E-state index in [0.717, 1.165) is 0 Å². The molecule has 0 amide bonds. The Bertz CT molecular complexity index is 734. The molecule has 4 rings (SSSR count). The summed E-state index contributed by atoms with van der Waals surface area (Å²) in [5.74, 6) is 0. The first-order valence-corrected chi connectivity index (χ1v) is 7.23. The van der Waals surface area contributed by atoms with Gasteiger partial charge in [-0.1, -0.05) is 66.7 Å². The van der Waals surface area contributed by atoms with E-state index >= 15 is 0 Å². The molecule has 3 aromatic carbocycles. The third kappa shape index (κ3) is 2.23. The highest BCUT2D eigenvalue weighted by Gasteiger charge is 2.61. The average molecular weight is 303 g/mol. The van der Waals surface area contributed by atoms with Gasteiger partial charge in [-0.15, -0.1) is 0 Å². The second kappa shape index (κ2) is 5.77. The smallest absolute Gasteiger partial charge is 0.229 e. The van der Waals surface area contributed by atoms with Crippen molar-refractivity contribution in [3.8, 4) is 0 Å². The Morgan fingerprint density at radius 2 is 0.955 bits per heavy atom. The highest BCUT2D eigenvalue weighted by molar-refractivity contribution is 5.92. The molecule has 0 atom stereocenters. The first-order chi connectivity index (χ1) is 10.4. The summed E-state index contributed by atoms with van der Waals surface area (Å²) >= 11 is 0. The number of allylic oxidation sites excluding steroid dienone is 2. The molecule has 0 N–H and O–H groups in total. The monoisotopic (exact) mass is 302 g/mol. The Morgan fingerprint density at radius 3 is 1.41 bits per heavy atom. The number of benzene rings is 3. The van der Waals surface area contributed by atoms with E-state index in [2.05, 4.69) is 97.1 Å². The highest BCUT2D eigenvalue weighted by atomic mass is 35.5. The lowest BCUT2D eigenvalue weighted by Crippen LogP contribution is -3.00. The normalized spacial score (nSPS) is 14.3. The Hall–Kier alpha value is -2.40. The van der Waals surface area contributed by atoms with E-state index in [9.17, 15) is 0 Å². The van der Waals surface area contributed by atoms with E-state index in [-0.39, 0.29) is 17.8 Å². The minimum Gasteiger partial charge on any atom is -1.00 e. The molecule has 0 unspecified atom stereocenters. The number of hydrogen-bond acceptors (Lipinski definition) is 0. The van der Waals surface area contributed by atoms with Gasteiger partial charge in [0.2, 0.25) is 11.0 Å². The Balaban J connectivity index is 0.00000144. The van der Waals surface area contributed by atoms with Crippen molar-refractivity contribution in [2.75, 3.05) is 0 Å². The molecule has 0 aliphatic heterocycles. The molecule has 22 heavy (non-hydrogen) atoms. The van der Waals surface area contributed by atoms with Gasteiger partial charge in [-0.3, -0.25) is 0 Å². The van der Waals surface area contributed by atoms with Crippen molar-refractivity contribution in [2.45, 2.75) is 5.41 Å². The third-order valence-corrected chi connectivity index (χ3v) is 4.10. The van der Waals surface area contributed by atoms with Gasteiger partial charge in [0.05, 0.1) is 6.08 Å². The van der Waals surface area contributed by atoms with Crippen molar-refractivity contribution in [1.29, 1.82) is 0 Å². The molecule has 0 heterocycles. The van der Waals surface area contributed by atoms with E-state index in [1.54, 1.807) is 0 Å². The van der Waals surface area contributed by atoms with Crippen LogP contribution in [0.4, 0.5) is 0 Å². The van der Waals surface area contributed by atoms with Gasteiger partial charge in [-0.2, -0.15) is 0 Å². The Morgan fingerprint density at radius 1 is 0.545 bits per heavy atom. The minimum atomic E-state index is -0.177. The maximum Gasteiger partial charge on any atom is 0.229 e. The lowest BCUT2D eigenvalue weighted by molar-refractivity contribution is -0.00000400. The van der Waals surface area contributed by atoms with E-state index in [1.807, 2.05) is 0 Å². The molecule has 0 spiro atoms. The van der Waals surface area contributed by atoms with Crippen molar-refractivity contribution in [2.24, 2.45) is 0 Å².